The first-order valence-electron chi connectivity index (χ1n) is 11.8. The van der Waals surface area contributed by atoms with Crippen LogP contribution in [-0.2, 0) is 0 Å². The fraction of sp³-hybridized carbons (Fsp3) is 0.179. The second-order valence-corrected chi connectivity index (χ2v) is 8.91. The van der Waals surface area contributed by atoms with Gasteiger partial charge in [0.25, 0.3) is 0 Å². The van der Waals surface area contributed by atoms with Crippen LogP contribution in [0.3, 0.4) is 0 Å². The maximum absolute atomic E-state index is 11.7. The number of nitrogens with zero attached hydrogens (tertiary/aromatic N) is 2. The molecule has 2 aromatic carbocycles. The molecule has 1 aliphatic heterocycles. The van der Waals surface area contributed by atoms with Gasteiger partial charge in [-0.15, -0.1) is 0 Å². The summed E-state index contributed by atoms with van der Waals surface area (Å²) in [4.78, 5) is 18.4. The van der Waals surface area contributed by atoms with Crippen LogP contribution in [0, 0.1) is 0 Å². The summed E-state index contributed by atoms with van der Waals surface area (Å²) in [5.41, 5.74) is 2.68. The van der Waals surface area contributed by atoms with Crippen molar-refractivity contribution in [2.24, 2.45) is 0 Å². The smallest absolute Gasteiger partial charge is 0.336 e. The predicted molar refractivity (Wildman–Crippen MR) is 143 cm³/mol. The van der Waals surface area contributed by atoms with Crippen molar-refractivity contribution in [3.63, 3.8) is 0 Å². The molecule has 0 radical (unpaired) electrons. The van der Waals surface area contributed by atoms with Gasteiger partial charge in [0.05, 0.1) is 17.3 Å². The molecule has 7 nitrogen and oxygen atoms in total. The van der Waals surface area contributed by atoms with Gasteiger partial charge in [0.1, 0.15) is 17.6 Å². The molecule has 0 saturated carbocycles. The van der Waals surface area contributed by atoms with E-state index in [0.717, 1.165) is 24.3 Å². The van der Waals surface area contributed by atoms with Gasteiger partial charge in [-0.05, 0) is 61.1 Å². The number of anilines is 1. The van der Waals surface area contributed by atoms with Gasteiger partial charge in [0, 0.05) is 30.5 Å². The van der Waals surface area contributed by atoms with E-state index in [1.807, 2.05) is 60.7 Å². The monoisotopic (exact) mass is 498 g/mol. The summed E-state index contributed by atoms with van der Waals surface area (Å²) < 4.78 is 6.30. The highest BCUT2D eigenvalue weighted by Gasteiger charge is 2.41. The first-order valence-corrected chi connectivity index (χ1v) is 12.2. The number of benzene rings is 2. The van der Waals surface area contributed by atoms with E-state index >= 15 is 0 Å². The number of aromatic carboxylic acids is 1. The molecule has 1 fully saturated rings. The summed E-state index contributed by atoms with van der Waals surface area (Å²) >= 11 is 5.74. The topological polar surface area (TPSA) is 90.6 Å². The standard InChI is InChI=1S/C28H26N4O3S/c33-27(34)21-12-5-4-11-20(21)23-14-15-24(35-23)26-25(22-13-6-7-16-30-22)31-28(36)32(26)18-8-17-29-19-9-2-1-3-10-19/h1-7,9-16,25-26,29H,8,17-18H2,(H,31,36)(H,33,34)/t25-,26+/m0/s1. The van der Waals surface area contributed by atoms with Gasteiger partial charge in [-0.1, -0.05) is 42.5 Å². The van der Waals surface area contributed by atoms with Gasteiger partial charge in [-0.25, -0.2) is 4.79 Å². The summed E-state index contributed by atoms with van der Waals surface area (Å²) in [7, 11) is 0. The minimum absolute atomic E-state index is 0.198. The second kappa shape index (κ2) is 10.6. The lowest BCUT2D eigenvalue weighted by Crippen LogP contribution is -2.31. The number of hydrogen-bond acceptors (Lipinski definition) is 5. The Kier molecular flexibility index (Phi) is 6.95. The molecule has 1 saturated heterocycles. The number of hydrogen-bond donors (Lipinski definition) is 3. The molecule has 0 unspecified atom stereocenters. The fourth-order valence-corrected chi connectivity index (χ4v) is 4.87. The number of furan rings is 1. The van der Waals surface area contributed by atoms with Crippen molar-refractivity contribution < 1.29 is 14.3 Å². The molecule has 0 spiro atoms. The van der Waals surface area contributed by atoms with Crippen molar-refractivity contribution in [1.29, 1.82) is 0 Å². The van der Waals surface area contributed by atoms with Gasteiger partial charge in [0.2, 0.25) is 0 Å². The van der Waals surface area contributed by atoms with Crippen LogP contribution in [0.5, 0.6) is 0 Å². The predicted octanol–water partition coefficient (Wildman–Crippen LogP) is 5.51. The van der Waals surface area contributed by atoms with Crippen LogP contribution in [-0.4, -0.2) is 39.2 Å². The molecule has 36 heavy (non-hydrogen) atoms. The Bertz CT molecular complexity index is 1340. The van der Waals surface area contributed by atoms with Crippen LogP contribution < -0.4 is 10.6 Å². The third-order valence-electron chi connectivity index (χ3n) is 6.22. The summed E-state index contributed by atoms with van der Waals surface area (Å²) in [6, 6.07) is 26.0. The number of aromatic nitrogens is 1. The van der Waals surface area contributed by atoms with Gasteiger partial charge in [-0.3, -0.25) is 4.98 Å². The van der Waals surface area contributed by atoms with E-state index in [0.29, 0.717) is 28.7 Å². The van der Waals surface area contributed by atoms with E-state index in [4.69, 9.17) is 16.6 Å². The number of rotatable bonds is 9. The minimum atomic E-state index is -0.994. The summed E-state index contributed by atoms with van der Waals surface area (Å²) in [6.45, 7) is 1.50. The summed E-state index contributed by atoms with van der Waals surface area (Å²) in [5.74, 6) is 0.210. The van der Waals surface area contributed by atoms with Crippen molar-refractivity contribution in [3.05, 3.63) is 108 Å². The van der Waals surface area contributed by atoms with E-state index in [9.17, 15) is 9.90 Å². The Balaban J connectivity index is 1.41. The van der Waals surface area contributed by atoms with Crippen LogP contribution in [0.4, 0.5) is 5.69 Å². The van der Waals surface area contributed by atoms with Gasteiger partial charge in [0.15, 0.2) is 5.11 Å². The number of pyridine rings is 1. The normalized spacial score (nSPS) is 17.1. The maximum atomic E-state index is 11.7. The average molecular weight is 499 g/mol. The highest BCUT2D eigenvalue weighted by Crippen LogP contribution is 2.40. The van der Waals surface area contributed by atoms with Crippen LogP contribution in [0.15, 0.2) is 95.5 Å². The Morgan fingerprint density at radius 1 is 1.03 bits per heavy atom. The van der Waals surface area contributed by atoms with E-state index in [-0.39, 0.29) is 17.6 Å². The molecule has 182 valence electrons. The maximum Gasteiger partial charge on any atom is 0.336 e. The molecule has 4 aromatic rings. The first kappa shape index (κ1) is 23.6. The lowest BCUT2D eigenvalue weighted by molar-refractivity contribution is 0.0697. The molecular weight excluding hydrogens is 472 g/mol. The van der Waals surface area contributed by atoms with Crippen LogP contribution in [0.2, 0.25) is 0 Å². The number of thiocarbonyl (C=S) groups is 1. The van der Waals surface area contributed by atoms with E-state index in [1.165, 1.54) is 0 Å². The Morgan fingerprint density at radius 2 is 1.81 bits per heavy atom. The lowest BCUT2D eigenvalue weighted by Gasteiger charge is -2.26. The van der Waals surface area contributed by atoms with E-state index in [1.54, 1.807) is 30.5 Å². The minimum Gasteiger partial charge on any atom is -0.478 e. The number of carbonyl (C=O) groups is 1. The quantitative estimate of drug-likeness (QED) is 0.205. The molecule has 2 aromatic heterocycles. The zero-order valence-corrected chi connectivity index (χ0v) is 20.3. The van der Waals surface area contributed by atoms with Crippen LogP contribution in [0.25, 0.3) is 11.3 Å². The SMILES string of the molecule is O=C(O)c1ccccc1-c1ccc([C@@H]2[C@H](c3ccccn3)NC(=S)N2CCCNc2ccccc2)o1. The van der Waals surface area contributed by atoms with Crippen LogP contribution >= 0.6 is 12.2 Å². The largest absolute Gasteiger partial charge is 0.478 e. The number of para-hydroxylation sites is 1. The van der Waals surface area contributed by atoms with Gasteiger partial charge >= 0.3 is 5.97 Å². The molecule has 0 aliphatic carbocycles. The third kappa shape index (κ3) is 4.94. The molecule has 3 heterocycles. The molecule has 0 amide bonds. The zero-order valence-electron chi connectivity index (χ0n) is 19.5. The molecule has 0 bridgehead atoms. The number of nitrogens with one attached hydrogen (secondary N) is 2. The zero-order chi connectivity index (χ0) is 24.9. The Labute approximate surface area is 214 Å². The van der Waals surface area contributed by atoms with Crippen LogP contribution in [0.1, 0.15) is 40.3 Å². The summed E-state index contributed by atoms with van der Waals surface area (Å²) in [6.07, 6.45) is 2.62. The molecule has 2 atom stereocenters. The first-order chi connectivity index (χ1) is 17.6. The molecule has 5 rings (SSSR count). The molecule has 8 heteroatoms. The van der Waals surface area contributed by atoms with Crippen molar-refractivity contribution in [1.82, 2.24) is 15.2 Å². The third-order valence-corrected chi connectivity index (χ3v) is 6.57. The van der Waals surface area contributed by atoms with Crippen molar-refractivity contribution >= 4 is 29.0 Å². The van der Waals surface area contributed by atoms with Crippen molar-refractivity contribution in [3.8, 4) is 11.3 Å². The molecular formula is C28H26N4O3S. The molecule has 1 aliphatic rings. The van der Waals surface area contributed by atoms with Gasteiger partial charge in [-0.2, -0.15) is 0 Å². The van der Waals surface area contributed by atoms with Crippen molar-refractivity contribution in [2.45, 2.75) is 18.5 Å². The van der Waals surface area contributed by atoms with Crippen molar-refractivity contribution in [2.75, 3.05) is 18.4 Å². The Hall–Kier alpha value is -4.17. The average Bonchev–Trinajstić information content (AvgIpc) is 3.52. The highest BCUT2D eigenvalue weighted by molar-refractivity contribution is 7.80. The number of carboxylic acids is 1. The highest BCUT2D eigenvalue weighted by atomic mass is 32.1. The Morgan fingerprint density at radius 3 is 2.58 bits per heavy atom. The second-order valence-electron chi connectivity index (χ2n) is 8.52. The van der Waals surface area contributed by atoms with E-state index < -0.39 is 5.97 Å². The molecule has 3 N–H and O–H groups in total. The number of carboxylic acid groups (broad SMARTS) is 1. The lowest BCUT2D eigenvalue weighted by atomic mass is 10.0. The van der Waals surface area contributed by atoms with E-state index in [2.05, 4.69) is 20.5 Å². The fourth-order valence-electron chi connectivity index (χ4n) is 4.53. The van der Waals surface area contributed by atoms with Gasteiger partial charge < -0.3 is 25.1 Å². The summed E-state index contributed by atoms with van der Waals surface area (Å²) in [5, 5.41) is 17.1.